The second-order valence-electron chi connectivity index (χ2n) is 3.57. The van der Waals surface area contributed by atoms with E-state index in [1.165, 1.54) is 0 Å². The molecule has 0 bridgehead atoms. The zero-order chi connectivity index (χ0) is 11.0. The summed E-state index contributed by atoms with van der Waals surface area (Å²) in [6.07, 6.45) is 0. The minimum Gasteiger partial charge on any atom is -0.331 e. The molecule has 0 aliphatic rings. The van der Waals surface area contributed by atoms with Crippen molar-refractivity contribution >= 4 is 11.0 Å². The zero-order valence-corrected chi connectivity index (χ0v) is 8.73. The van der Waals surface area contributed by atoms with Crippen LogP contribution in [0.15, 0.2) is 18.2 Å². The van der Waals surface area contributed by atoms with Crippen molar-refractivity contribution in [2.75, 3.05) is 0 Å². The van der Waals surface area contributed by atoms with Crippen LogP contribution in [0.25, 0.3) is 11.0 Å². The van der Waals surface area contributed by atoms with Crippen molar-refractivity contribution in [3.05, 3.63) is 29.6 Å². The number of nitriles is 1. The van der Waals surface area contributed by atoms with Crippen LogP contribution in [0.1, 0.15) is 17.4 Å². The first-order valence-corrected chi connectivity index (χ1v) is 4.71. The third kappa shape index (κ3) is 1.47. The van der Waals surface area contributed by atoms with Crippen molar-refractivity contribution in [2.24, 2.45) is 12.8 Å². The van der Waals surface area contributed by atoms with Gasteiger partial charge in [-0.05, 0) is 24.6 Å². The minimum atomic E-state index is -0.572. The quantitative estimate of drug-likeness (QED) is 0.756. The predicted octanol–water partition coefficient (Wildman–Crippen LogP) is 1.41. The third-order valence-corrected chi connectivity index (χ3v) is 2.63. The fraction of sp³-hybridized carbons (Fsp3) is 0.273. The Hall–Kier alpha value is -1.86. The standard InChI is InChI=1S/C11H12N4/c1-7-14-10-5-8(9(13)6-12)3-4-11(10)15(7)2/h3-5,9H,13H2,1-2H3. The molecule has 0 saturated heterocycles. The molecule has 0 aliphatic carbocycles. The first kappa shape index (κ1) is 9.69. The molecule has 1 aromatic heterocycles. The van der Waals surface area contributed by atoms with Crippen LogP contribution in [0, 0.1) is 18.3 Å². The molecule has 0 saturated carbocycles. The molecule has 0 aliphatic heterocycles. The Bertz CT molecular complexity index is 547. The first-order chi connectivity index (χ1) is 7.13. The molecule has 1 atom stereocenters. The fourth-order valence-corrected chi connectivity index (χ4v) is 1.61. The molecule has 1 unspecified atom stereocenters. The smallest absolute Gasteiger partial charge is 0.118 e. The van der Waals surface area contributed by atoms with Gasteiger partial charge >= 0.3 is 0 Å². The van der Waals surface area contributed by atoms with E-state index in [0.29, 0.717) is 0 Å². The molecular weight excluding hydrogens is 188 g/mol. The molecule has 76 valence electrons. The number of aryl methyl sites for hydroxylation is 2. The van der Waals surface area contributed by atoms with Crippen molar-refractivity contribution in [1.82, 2.24) is 9.55 Å². The van der Waals surface area contributed by atoms with Gasteiger partial charge < -0.3 is 10.3 Å². The highest BCUT2D eigenvalue weighted by molar-refractivity contribution is 5.77. The average Bonchev–Trinajstić information content (AvgIpc) is 2.53. The van der Waals surface area contributed by atoms with Crippen molar-refractivity contribution in [3.63, 3.8) is 0 Å². The molecule has 1 heterocycles. The molecule has 0 fully saturated rings. The van der Waals surface area contributed by atoms with E-state index in [4.69, 9.17) is 11.0 Å². The number of fused-ring (bicyclic) bond motifs is 1. The lowest BCUT2D eigenvalue weighted by atomic mass is 10.1. The lowest BCUT2D eigenvalue weighted by Gasteiger charge is -2.02. The summed E-state index contributed by atoms with van der Waals surface area (Å²) in [4.78, 5) is 4.39. The maximum Gasteiger partial charge on any atom is 0.118 e. The Morgan fingerprint density at radius 3 is 2.93 bits per heavy atom. The Morgan fingerprint density at radius 2 is 2.27 bits per heavy atom. The number of nitrogens with zero attached hydrogens (tertiary/aromatic N) is 3. The van der Waals surface area contributed by atoms with Gasteiger partial charge in [-0.25, -0.2) is 4.98 Å². The summed E-state index contributed by atoms with van der Waals surface area (Å²) >= 11 is 0. The maximum atomic E-state index is 8.72. The predicted molar refractivity (Wildman–Crippen MR) is 58.0 cm³/mol. The molecule has 4 heteroatoms. The van der Waals surface area contributed by atoms with E-state index in [-0.39, 0.29) is 0 Å². The zero-order valence-electron chi connectivity index (χ0n) is 8.73. The lowest BCUT2D eigenvalue weighted by Crippen LogP contribution is -2.06. The summed E-state index contributed by atoms with van der Waals surface area (Å²) in [7, 11) is 1.97. The molecule has 0 spiro atoms. The fourth-order valence-electron chi connectivity index (χ4n) is 1.61. The van der Waals surface area contributed by atoms with E-state index in [0.717, 1.165) is 22.4 Å². The van der Waals surface area contributed by atoms with Gasteiger partial charge in [0.2, 0.25) is 0 Å². The summed E-state index contributed by atoms with van der Waals surface area (Å²) in [5.41, 5.74) is 8.39. The van der Waals surface area contributed by atoms with Gasteiger partial charge in [-0.2, -0.15) is 5.26 Å². The van der Waals surface area contributed by atoms with Crippen LogP contribution in [0.4, 0.5) is 0 Å². The van der Waals surface area contributed by atoms with Crippen LogP contribution < -0.4 is 5.73 Å². The normalized spacial score (nSPS) is 12.7. The highest BCUT2D eigenvalue weighted by atomic mass is 15.0. The highest BCUT2D eigenvalue weighted by Gasteiger charge is 2.08. The molecule has 2 N–H and O–H groups in total. The maximum absolute atomic E-state index is 8.72. The average molecular weight is 200 g/mol. The van der Waals surface area contributed by atoms with Gasteiger partial charge in [-0.3, -0.25) is 0 Å². The SMILES string of the molecule is Cc1nc2cc(C(N)C#N)ccc2n1C. The van der Waals surface area contributed by atoms with Gasteiger partial charge in [-0.15, -0.1) is 0 Å². The number of aromatic nitrogens is 2. The van der Waals surface area contributed by atoms with Crippen LogP contribution in [0.3, 0.4) is 0 Å². The van der Waals surface area contributed by atoms with Crippen LogP contribution in [0.2, 0.25) is 0 Å². The van der Waals surface area contributed by atoms with Gasteiger partial charge in [-0.1, -0.05) is 6.07 Å². The van der Waals surface area contributed by atoms with E-state index in [1.54, 1.807) is 0 Å². The van der Waals surface area contributed by atoms with E-state index in [9.17, 15) is 0 Å². The molecule has 2 aromatic rings. The van der Waals surface area contributed by atoms with Crippen molar-refractivity contribution in [3.8, 4) is 6.07 Å². The van der Waals surface area contributed by atoms with Gasteiger partial charge in [0.05, 0.1) is 17.1 Å². The number of rotatable bonds is 1. The van der Waals surface area contributed by atoms with Crippen molar-refractivity contribution < 1.29 is 0 Å². The largest absolute Gasteiger partial charge is 0.331 e. The van der Waals surface area contributed by atoms with Crippen LogP contribution >= 0.6 is 0 Å². The van der Waals surface area contributed by atoms with E-state index < -0.39 is 6.04 Å². The Morgan fingerprint density at radius 1 is 1.53 bits per heavy atom. The molecule has 0 radical (unpaired) electrons. The minimum absolute atomic E-state index is 0.572. The molecule has 2 rings (SSSR count). The number of benzene rings is 1. The van der Waals surface area contributed by atoms with E-state index in [1.807, 2.05) is 42.8 Å². The summed E-state index contributed by atoms with van der Waals surface area (Å²) in [5.74, 6) is 0.952. The van der Waals surface area contributed by atoms with Gasteiger partial charge in [0.1, 0.15) is 11.9 Å². The first-order valence-electron chi connectivity index (χ1n) is 4.71. The summed E-state index contributed by atoms with van der Waals surface area (Å²) in [6.45, 7) is 1.95. The molecular formula is C11H12N4. The molecule has 1 aromatic carbocycles. The third-order valence-electron chi connectivity index (χ3n) is 2.63. The van der Waals surface area contributed by atoms with Crippen LogP contribution in [-0.4, -0.2) is 9.55 Å². The second-order valence-corrected chi connectivity index (χ2v) is 3.57. The Labute approximate surface area is 87.9 Å². The molecule has 4 nitrogen and oxygen atoms in total. The molecule has 0 amide bonds. The lowest BCUT2D eigenvalue weighted by molar-refractivity contribution is 0.885. The second kappa shape index (κ2) is 3.37. The Kier molecular flexibility index (Phi) is 2.18. The van der Waals surface area contributed by atoms with Crippen LogP contribution in [-0.2, 0) is 7.05 Å². The van der Waals surface area contributed by atoms with E-state index in [2.05, 4.69) is 4.98 Å². The summed E-state index contributed by atoms with van der Waals surface area (Å²) in [5, 5.41) is 8.72. The number of imidazole rings is 1. The van der Waals surface area contributed by atoms with Crippen LogP contribution in [0.5, 0.6) is 0 Å². The highest BCUT2D eigenvalue weighted by Crippen LogP contribution is 2.19. The monoisotopic (exact) mass is 200 g/mol. The van der Waals surface area contributed by atoms with Crippen molar-refractivity contribution in [1.29, 1.82) is 5.26 Å². The number of hydrogen-bond acceptors (Lipinski definition) is 3. The van der Waals surface area contributed by atoms with Gasteiger partial charge in [0.15, 0.2) is 0 Å². The summed E-state index contributed by atoms with van der Waals surface area (Å²) in [6, 6.07) is 7.13. The topological polar surface area (TPSA) is 67.6 Å². The van der Waals surface area contributed by atoms with Gasteiger partial charge in [0, 0.05) is 7.05 Å². The number of nitrogens with two attached hydrogens (primary N) is 1. The summed E-state index contributed by atoms with van der Waals surface area (Å²) < 4.78 is 2.01. The van der Waals surface area contributed by atoms with E-state index >= 15 is 0 Å². The van der Waals surface area contributed by atoms with Crippen molar-refractivity contribution in [2.45, 2.75) is 13.0 Å². The number of hydrogen-bond donors (Lipinski definition) is 1. The molecule has 15 heavy (non-hydrogen) atoms. The Balaban J connectivity index is 2.63. The van der Waals surface area contributed by atoms with Gasteiger partial charge in [0.25, 0.3) is 0 Å².